The Morgan fingerprint density at radius 1 is 1.06 bits per heavy atom. The zero-order valence-electron chi connectivity index (χ0n) is 8.51. The van der Waals surface area contributed by atoms with Crippen molar-refractivity contribution in [2.45, 2.75) is 0 Å². The van der Waals surface area contributed by atoms with E-state index in [1.165, 1.54) is 7.11 Å². The third-order valence-corrected chi connectivity index (χ3v) is 1.89. The van der Waals surface area contributed by atoms with Crippen LogP contribution in [0.2, 0.25) is 0 Å². The molecule has 0 aliphatic heterocycles. The van der Waals surface area contributed by atoms with Crippen molar-refractivity contribution in [3.63, 3.8) is 0 Å². The number of benzene rings is 1. The van der Waals surface area contributed by atoms with Crippen LogP contribution in [0.1, 0.15) is 5.56 Å². The monoisotopic (exact) mass is 222 g/mol. The van der Waals surface area contributed by atoms with Crippen molar-refractivity contribution in [3.05, 3.63) is 41.5 Å². The highest BCUT2D eigenvalue weighted by molar-refractivity contribution is 6.17. The molecule has 1 aromatic carbocycles. The van der Waals surface area contributed by atoms with Gasteiger partial charge in [0.1, 0.15) is 5.76 Å². The molecule has 0 radical (unpaired) electrons. The summed E-state index contributed by atoms with van der Waals surface area (Å²) in [4.78, 5) is 21.6. The highest BCUT2D eigenvalue weighted by Gasteiger charge is 2.23. The highest BCUT2D eigenvalue weighted by atomic mass is 16.5. The fraction of sp³-hybridized carbons (Fsp3) is 0.0909. The first-order valence-corrected chi connectivity index (χ1v) is 4.38. The van der Waals surface area contributed by atoms with Gasteiger partial charge in [0.25, 0.3) is 0 Å². The fourth-order valence-corrected chi connectivity index (χ4v) is 1.24. The van der Waals surface area contributed by atoms with Gasteiger partial charge in [0.2, 0.25) is 0 Å². The maximum Gasteiger partial charge on any atom is 0.347 e. The lowest BCUT2D eigenvalue weighted by Crippen LogP contribution is -2.14. The SMILES string of the molecule is COC(=C(C(=O)O)C(=O)O)c1ccccc1. The maximum atomic E-state index is 10.8. The van der Waals surface area contributed by atoms with Gasteiger partial charge in [-0.2, -0.15) is 0 Å². The highest BCUT2D eigenvalue weighted by Crippen LogP contribution is 2.19. The summed E-state index contributed by atoms with van der Waals surface area (Å²) in [5.41, 5.74) is -0.376. The van der Waals surface area contributed by atoms with Gasteiger partial charge in [-0.3, -0.25) is 0 Å². The average molecular weight is 222 g/mol. The van der Waals surface area contributed by atoms with E-state index < -0.39 is 17.5 Å². The first kappa shape index (κ1) is 11.8. The van der Waals surface area contributed by atoms with Gasteiger partial charge in [-0.05, 0) is 0 Å². The predicted octanol–water partition coefficient (Wildman–Crippen LogP) is 1.21. The van der Waals surface area contributed by atoms with Gasteiger partial charge in [-0.25, -0.2) is 9.59 Å². The Bertz CT molecular complexity index is 417. The lowest BCUT2D eigenvalue weighted by atomic mass is 10.1. The van der Waals surface area contributed by atoms with E-state index in [2.05, 4.69) is 0 Å². The molecule has 0 fully saturated rings. The van der Waals surface area contributed by atoms with Crippen molar-refractivity contribution < 1.29 is 24.5 Å². The van der Waals surface area contributed by atoms with Crippen molar-refractivity contribution in [3.8, 4) is 0 Å². The molecule has 84 valence electrons. The molecule has 5 heteroatoms. The fourth-order valence-electron chi connectivity index (χ4n) is 1.24. The van der Waals surface area contributed by atoms with Crippen molar-refractivity contribution in [1.82, 2.24) is 0 Å². The second kappa shape index (κ2) is 4.97. The number of rotatable bonds is 4. The van der Waals surface area contributed by atoms with Crippen molar-refractivity contribution in [2.75, 3.05) is 7.11 Å². The van der Waals surface area contributed by atoms with E-state index in [1.807, 2.05) is 0 Å². The molecule has 0 spiro atoms. The summed E-state index contributed by atoms with van der Waals surface area (Å²) in [5.74, 6) is -3.23. The molecule has 0 atom stereocenters. The summed E-state index contributed by atoms with van der Waals surface area (Å²) in [5, 5.41) is 17.6. The maximum absolute atomic E-state index is 10.8. The first-order valence-electron chi connectivity index (χ1n) is 4.38. The van der Waals surface area contributed by atoms with Gasteiger partial charge in [0.05, 0.1) is 7.11 Å². The van der Waals surface area contributed by atoms with Crippen LogP contribution in [-0.4, -0.2) is 29.3 Å². The molecule has 5 nitrogen and oxygen atoms in total. The molecule has 1 aromatic rings. The Morgan fingerprint density at radius 2 is 1.56 bits per heavy atom. The molecule has 1 rings (SSSR count). The van der Waals surface area contributed by atoms with Gasteiger partial charge >= 0.3 is 11.9 Å². The van der Waals surface area contributed by atoms with Gasteiger partial charge in [0.15, 0.2) is 5.57 Å². The van der Waals surface area contributed by atoms with Crippen molar-refractivity contribution in [2.24, 2.45) is 0 Å². The zero-order valence-corrected chi connectivity index (χ0v) is 8.51. The number of aliphatic carboxylic acids is 2. The van der Waals surface area contributed by atoms with E-state index in [4.69, 9.17) is 14.9 Å². The number of hydrogen-bond acceptors (Lipinski definition) is 3. The van der Waals surface area contributed by atoms with Crippen LogP contribution in [0.15, 0.2) is 35.9 Å². The molecule has 0 saturated carbocycles. The largest absolute Gasteiger partial charge is 0.495 e. The number of carbonyl (C=O) groups is 2. The first-order chi connectivity index (χ1) is 7.57. The minimum atomic E-state index is -1.53. The lowest BCUT2D eigenvalue weighted by Gasteiger charge is -2.08. The van der Waals surface area contributed by atoms with Crippen LogP contribution < -0.4 is 0 Å². The van der Waals surface area contributed by atoms with E-state index in [9.17, 15) is 9.59 Å². The Kier molecular flexibility index (Phi) is 3.66. The third-order valence-electron chi connectivity index (χ3n) is 1.89. The Morgan fingerprint density at radius 3 is 1.94 bits per heavy atom. The summed E-state index contributed by atoms with van der Waals surface area (Å²) in [7, 11) is 1.23. The van der Waals surface area contributed by atoms with E-state index in [1.54, 1.807) is 30.3 Å². The number of carboxylic acid groups (broad SMARTS) is 2. The van der Waals surface area contributed by atoms with E-state index >= 15 is 0 Å². The lowest BCUT2D eigenvalue weighted by molar-refractivity contribution is -0.140. The van der Waals surface area contributed by atoms with Crippen LogP contribution in [0.5, 0.6) is 0 Å². The van der Waals surface area contributed by atoms with E-state index in [0.29, 0.717) is 5.56 Å². The molecule has 0 heterocycles. The van der Waals surface area contributed by atoms with Crippen LogP contribution in [0.4, 0.5) is 0 Å². The predicted molar refractivity (Wildman–Crippen MR) is 55.6 cm³/mol. The Hall–Kier alpha value is -2.30. The second-order valence-corrected chi connectivity index (χ2v) is 2.88. The Balaban J connectivity index is 3.38. The van der Waals surface area contributed by atoms with Gasteiger partial charge in [-0.15, -0.1) is 0 Å². The zero-order chi connectivity index (χ0) is 12.1. The minimum absolute atomic E-state index is 0.166. The normalized spacial score (nSPS) is 9.31. The summed E-state index contributed by atoms with van der Waals surface area (Å²) >= 11 is 0. The molecule has 0 aliphatic rings. The molecule has 0 bridgehead atoms. The van der Waals surface area contributed by atoms with Crippen LogP contribution >= 0.6 is 0 Å². The summed E-state index contributed by atoms with van der Waals surface area (Å²) in [6, 6.07) is 8.21. The van der Waals surface area contributed by atoms with Gasteiger partial charge in [0, 0.05) is 5.56 Å². The number of carboxylic acids is 2. The standard InChI is InChI=1S/C11H10O5/c1-16-9(7-5-3-2-4-6-7)8(10(12)13)11(14)15/h2-6H,1H3,(H,12,13)(H,14,15). The molecular weight excluding hydrogens is 212 g/mol. The number of methoxy groups -OCH3 is 1. The molecule has 0 aromatic heterocycles. The van der Waals surface area contributed by atoms with Crippen LogP contribution in [-0.2, 0) is 14.3 Å². The van der Waals surface area contributed by atoms with Gasteiger partial charge in [-0.1, -0.05) is 30.3 Å². The van der Waals surface area contributed by atoms with Crippen molar-refractivity contribution in [1.29, 1.82) is 0 Å². The third kappa shape index (κ3) is 2.38. The molecule has 0 saturated heterocycles. The molecule has 2 N–H and O–H groups in total. The summed E-state index contributed by atoms with van der Waals surface area (Å²) in [6.45, 7) is 0. The minimum Gasteiger partial charge on any atom is -0.495 e. The van der Waals surface area contributed by atoms with Crippen LogP contribution in [0, 0.1) is 0 Å². The molecule has 0 aliphatic carbocycles. The summed E-state index contributed by atoms with van der Waals surface area (Å²) in [6.07, 6.45) is 0. The average Bonchev–Trinajstić information content (AvgIpc) is 2.25. The smallest absolute Gasteiger partial charge is 0.347 e. The quantitative estimate of drug-likeness (QED) is 0.346. The number of hydrogen-bond donors (Lipinski definition) is 2. The second-order valence-electron chi connectivity index (χ2n) is 2.88. The topological polar surface area (TPSA) is 83.8 Å². The molecular formula is C11H10O5. The van der Waals surface area contributed by atoms with E-state index in [0.717, 1.165) is 0 Å². The van der Waals surface area contributed by atoms with Crippen LogP contribution in [0.3, 0.4) is 0 Å². The van der Waals surface area contributed by atoms with Gasteiger partial charge < -0.3 is 14.9 Å². The van der Waals surface area contributed by atoms with Crippen LogP contribution in [0.25, 0.3) is 5.76 Å². The summed E-state index contributed by atoms with van der Waals surface area (Å²) < 4.78 is 4.84. The Labute approximate surface area is 91.6 Å². The molecule has 16 heavy (non-hydrogen) atoms. The molecule has 0 amide bonds. The van der Waals surface area contributed by atoms with Crippen molar-refractivity contribution >= 4 is 17.7 Å². The van der Waals surface area contributed by atoms with E-state index in [-0.39, 0.29) is 5.76 Å². The molecule has 0 unspecified atom stereocenters. The number of ether oxygens (including phenoxy) is 1.